The van der Waals surface area contributed by atoms with Crippen LogP contribution in [0.3, 0.4) is 0 Å². The SMILES string of the molecule is Cc1nc(NC(=O)COCC(F)(F)F)sc1S(=O)(=O)Cl. The lowest BCUT2D eigenvalue weighted by molar-refractivity contribution is -0.174. The van der Waals surface area contributed by atoms with E-state index in [-0.39, 0.29) is 15.0 Å². The number of carbonyl (C=O) groups excluding carboxylic acids is 1. The zero-order valence-corrected chi connectivity index (χ0v) is 12.2. The summed E-state index contributed by atoms with van der Waals surface area (Å²) in [6, 6.07) is 0. The van der Waals surface area contributed by atoms with Gasteiger partial charge in [0.1, 0.15) is 13.2 Å². The molecule has 1 aromatic rings. The summed E-state index contributed by atoms with van der Waals surface area (Å²) < 4.78 is 61.4. The van der Waals surface area contributed by atoms with E-state index in [0.717, 1.165) is 0 Å². The van der Waals surface area contributed by atoms with E-state index in [4.69, 9.17) is 10.7 Å². The molecule has 0 fully saturated rings. The minimum absolute atomic E-state index is 0.0801. The molecule has 114 valence electrons. The molecule has 1 N–H and O–H groups in total. The van der Waals surface area contributed by atoms with Crippen molar-refractivity contribution in [3.05, 3.63) is 5.69 Å². The van der Waals surface area contributed by atoms with Gasteiger partial charge in [-0.1, -0.05) is 11.3 Å². The minimum Gasteiger partial charge on any atom is -0.362 e. The van der Waals surface area contributed by atoms with E-state index < -0.39 is 34.3 Å². The molecule has 0 saturated heterocycles. The van der Waals surface area contributed by atoms with E-state index in [9.17, 15) is 26.4 Å². The van der Waals surface area contributed by atoms with Crippen LogP contribution in [0.1, 0.15) is 5.69 Å². The highest BCUT2D eigenvalue weighted by molar-refractivity contribution is 8.15. The fraction of sp³-hybridized carbons (Fsp3) is 0.500. The van der Waals surface area contributed by atoms with Gasteiger partial charge in [0, 0.05) is 10.7 Å². The Morgan fingerprint density at radius 3 is 2.55 bits per heavy atom. The van der Waals surface area contributed by atoms with E-state index in [1.807, 2.05) is 0 Å². The molecule has 20 heavy (non-hydrogen) atoms. The Hall–Kier alpha value is -0.910. The van der Waals surface area contributed by atoms with Crippen molar-refractivity contribution in [2.45, 2.75) is 17.3 Å². The third-order valence-corrected chi connectivity index (χ3v) is 4.97. The average molecular weight is 353 g/mol. The van der Waals surface area contributed by atoms with Gasteiger partial charge in [-0.2, -0.15) is 13.2 Å². The van der Waals surface area contributed by atoms with Gasteiger partial charge < -0.3 is 4.74 Å². The zero-order chi connectivity index (χ0) is 15.6. The molecule has 6 nitrogen and oxygen atoms in total. The first kappa shape index (κ1) is 17.1. The highest BCUT2D eigenvalue weighted by atomic mass is 35.7. The van der Waals surface area contributed by atoms with Gasteiger partial charge in [-0.25, -0.2) is 13.4 Å². The topological polar surface area (TPSA) is 85.4 Å². The Kier molecular flexibility index (Phi) is 5.35. The number of anilines is 1. The van der Waals surface area contributed by atoms with E-state index in [1.165, 1.54) is 6.92 Å². The summed E-state index contributed by atoms with van der Waals surface area (Å²) in [6.45, 7) is -1.03. The summed E-state index contributed by atoms with van der Waals surface area (Å²) in [5.74, 6) is -0.887. The zero-order valence-electron chi connectivity index (χ0n) is 9.82. The van der Waals surface area contributed by atoms with Crippen LogP contribution in [-0.4, -0.2) is 38.7 Å². The number of aryl methyl sites for hydroxylation is 1. The molecule has 0 saturated carbocycles. The molecule has 1 amide bonds. The number of aromatic nitrogens is 1. The van der Waals surface area contributed by atoms with Gasteiger partial charge in [-0.05, 0) is 6.92 Å². The van der Waals surface area contributed by atoms with Crippen molar-refractivity contribution in [1.82, 2.24) is 4.98 Å². The molecule has 0 aromatic carbocycles. The first-order valence-corrected chi connectivity index (χ1v) is 7.98. The monoisotopic (exact) mass is 352 g/mol. The van der Waals surface area contributed by atoms with Crippen molar-refractivity contribution >= 4 is 42.1 Å². The number of carbonyl (C=O) groups is 1. The standard InChI is InChI=1S/C8H8ClF3N2O4S2/c1-4-6(20(9,16)17)19-7(13-4)14-5(15)2-18-3-8(10,11)12/h2-3H2,1H3,(H,13,14,15). The fourth-order valence-electron chi connectivity index (χ4n) is 1.08. The lowest BCUT2D eigenvalue weighted by Gasteiger charge is -2.06. The average Bonchev–Trinajstić information content (AvgIpc) is 2.56. The molecule has 0 bridgehead atoms. The van der Waals surface area contributed by atoms with Crippen molar-refractivity contribution in [2.24, 2.45) is 0 Å². The molecule has 0 unspecified atom stereocenters. The molecule has 0 spiro atoms. The van der Waals surface area contributed by atoms with Gasteiger partial charge in [-0.15, -0.1) is 0 Å². The second kappa shape index (κ2) is 6.24. The highest BCUT2D eigenvalue weighted by Gasteiger charge is 2.28. The number of thiazole rings is 1. The maximum atomic E-state index is 11.8. The Morgan fingerprint density at radius 1 is 1.50 bits per heavy atom. The van der Waals surface area contributed by atoms with Crippen LogP contribution in [0.4, 0.5) is 18.3 Å². The smallest absolute Gasteiger partial charge is 0.362 e. The summed E-state index contributed by atoms with van der Waals surface area (Å²) in [5, 5.41) is 2.02. The van der Waals surface area contributed by atoms with Crippen LogP contribution in [0.5, 0.6) is 0 Å². The Labute approximate surface area is 120 Å². The summed E-state index contributed by atoms with van der Waals surface area (Å²) in [5.41, 5.74) is 0.0801. The molecule has 1 rings (SSSR count). The molecular weight excluding hydrogens is 345 g/mol. The second-order valence-electron chi connectivity index (χ2n) is 3.49. The molecule has 1 aromatic heterocycles. The maximum absolute atomic E-state index is 11.8. The molecule has 0 aliphatic rings. The minimum atomic E-state index is -4.53. The van der Waals surface area contributed by atoms with Crippen molar-refractivity contribution in [3.8, 4) is 0 Å². The van der Waals surface area contributed by atoms with Crippen LogP contribution < -0.4 is 5.32 Å². The summed E-state index contributed by atoms with van der Waals surface area (Å²) >= 11 is 0.593. The largest absolute Gasteiger partial charge is 0.411 e. The van der Waals surface area contributed by atoms with Crippen LogP contribution in [-0.2, 0) is 18.6 Å². The van der Waals surface area contributed by atoms with Gasteiger partial charge in [0.05, 0.1) is 5.69 Å². The van der Waals surface area contributed by atoms with Crippen molar-refractivity contribution < 1.29 is 31.1 Å². The van der Waals surface area contributed by atoms with Crippen molar-refractivity contribution in [2.75, 3.05) is 18.5 Å². The summed E-state index contributed by atoms with van der Waals surface area (Å²) in [6.07, 6.45) is -4.53. The van der Waals surface area contributed by atoms with Crippen LogP contribution in [0, 0.1) is 6.92 Å². The number of amides is 1. The molecule has 0 radical (unpaired) electrons. The van der Waals surface area contributed by atoms with Crippen LogP contribution in [0.2, 0.25) is 0 Å². The normalized spacial score (nSPS) is 12.4. The number of hydrogen-bond donors (Lipinski definition) is 1. The predicted octanol–water partition coefficient (Wildman–Crippen LogP) is 1.90. The van der Waals surface area contributed by atoms with Gasteiger partial charge in [0.25, 0.3) is 15.0 Å². The number of ether oxygens (including phenoxy) is 1. The third-order valence-electron chi connectivity index (χ3n) is 1.72. The number of halogens is 4. The number of nitrogens with zero attached hydrogens (tertiary/aromatic N) is 1. The number of rotatable bonds is 5. The quantitative estimate of drug-likeness (QED) is 0.818. The number of hydrogen-bond acceptors (Lipinski definition) is 6. The first-order valence-electron chi connectivity index (χ1n) is 4.85. The molecular formula is C8H8ClF3N2O4S2. The molecule has 1 heterocycles. The Bertz CT molecular complexity index is 599. The number of nitrogens with one attached hydrogen (secondary N) is 1. The second-order valence-corrected chi connectivity index (χ2v) is 7.25. The van der Waals surface area contributed by atoms with Gasteiger partial charge in [0.2, 0.25) is 0 Å². The molecule has 0 aliphatic heterocycles. The van der Waals surface area contributed by atoms with Crippen molar-refractivity contribution in [1.29, 1.82) is 0 Å². The number of alkyl halides is 3. The Balaban J connectivity index is 2.60. The van der Waals surface area contributed by atoms with Crippen LogP contribution in [0.15, 0.2) is 4.21 Å². The van der Waals surface area contributed by atoms with E-state index in [2.05, 4.69) is 15.0 Å². The maximum Gasteiger partial charge on any atom is 0.411 e. The lowest BCUT2D eigenvalue weighted by atomic mass is 10.6. The van der Waals surface area contributed by atoms with E-state index >= 15 is 0 Å². The predicted molar refractivity (Wildman–Crippen MR) is 65.4 cm³/mol. The van der Waals surface area contributed by atoms with Gasteiger partial charge in [0.15, 0.2) is 9.34 Å². The third kappa shape index (κ3) is 5.61. The van der Waals surface area contributed by atoms with Gasteiger partial charge in [-0.3, -0.25) is 10.1 Å². The Morgan fingerprint density at radius 2 is 2.10 bits per heavy atom. The summed E-state index contributed by atoms with van der Waals surface area (Å²) in [7, 11) is 1.14. The molecule has 0 atom stereocenters. The van der Waals surface area contributed by atoms with Crippen LogP contribution in [0.25, 0.3) is 0 Å². The highest BCUT2D eigenvalue weighted by Crippen LogP contribution is 2.29. The van der Waals surface area contributed by atoms with E-state index in [1.54, 1.807) is 0 Å². The van der Waals surface area contributed by atoms with Gasteiger partial charge >= 0.3 is 6.18 Å². The van der Waals surface area contributed by atoms with E-state index in [0.29, 0.717) is 11.3 Å². The fourth-order valence-corrected chi connectivity index (χ4v) is 3.45. The molecule has 12 heteroatoms. The molecule has 0 aliphatic carbocycles. The van der Waals surface area contributed by atoms with Crippen LogP contribution >= 0.6 is 22.0 Å². The summed E-state index contributed by atoms with van der Waals surface area (Å²) in [4.78, 5) is 15.0. The first-order chi connectivity index (χ1) is 8.99. The lowest BCUT2D eigenvalue weighted by Crippen LogP contribution is -2.23. The van der Waals surface area contributed by atoms with Crippen molar-refractivity contribution in [3.63, 3.8) is 0 Å².